The smallest absolute Gasteiger partial charge is 0.408 e. The molecule has 264 valence electrons. The Morgan fingerprint density at radius 3 is 2.55 bits per heavy atom. The second kappa shape index (κ2) is 13.1. The SMILES string of the molecule is COC(=O)[C@@H]1C[C@@H]2CN1C(=O)[C@H](C(C)(C)C)NC(=O)O[C@@H]1C[C@@H]3C=C[C@@H]3[C@H]1CC/C=C/C(F)(F)c1nc3ccc(OC(F)F)cc3nc1O2. The molecule has 1 aromatic heterocycles. The second-order valence-electron chi connectivity index (χ2n) is 13.9. The van der Waals surface area contributed by atoms with Gasteiger partial charge in [0.05, 0.1) is 24.7 Å². The summed E-state index contributed by atoms with van der Waals surface area (Å²) in [7, 11) is 1.15. The minimum absolute atomic E-state index is 0.0210. The predicted molar refractivity (Wildman–Crippen MR) is 166 cm³/mol. The van der Waals surface area contributed by atoms with Gasteiger partial charge < -0.3 is 29.2 Å². The normalized spacial score (nSPS) is 30.5. The molecule has 2 amide bonds. The lowest BCUT2D eigenvalue weighted by Crippen LogP contribution is -2.57. The number of benzene rings is 1. The molecule has 11 nitrogen and oxygen atoms in total. The number of nitrogens with zero attached hydrogens (tertiary/aromatic N) is 3. The van der Waals surface area contributed by atoms with Gasteiger partial charge in [-0.3, -0.25) is 4.79 Å². The van der Waals surface area contributed by atoms with Gasteiger partial charge in [-0.25, -0.2) is 19.6 Å². The van der Waals surface area contributed by atoms with Crippen LogP contribution in [0.3, 0.4) is 0 Å². The standard InChI is InChI=1S/C34H38F4N4O7/c1-33(2,3)27-29(43)42-16-19(15-24(42)30(44)46-4)47-28-26(39-22-11-9-18(48-31(35)36)14-23(22)40-28)34(37,38)12-6-5-7-21-20-10-8-17(20)13-25(21)49-32(45)41-27/h6,8-12,14,17,19-21,24-25,27,31H,5,7,13,15-16H2,1-4H3,(H,41,45)/b12-6+/t17-,19+,20-,21+,24-,25+,27+/m0/s1. The molecule has 15 heteroatoms. The molecule has 2 bridgehead atoms. The summed E-state index contributed by atoms with van der Waals surface area (Å²) in [5.74, 6) is -5.76. The van der Waals surface area contributed by atoms with Gasteiger partial charge in [0.1, 0.15) is 30.0 Å². The average Bonchev–Trinajstić information content (AvgIpc) is 3.53. The first-order valence-electron chi connectivity index (χ1n) is 16.2. The van der Waals surface area contributed by atoms with Crippen LogP contribution >= 0.6 is 0 Å². The van der Waals surface area contributed by atoms with E-state index in [9.17, 15) is 23.2 Å². The van der Waals surface area contributed by atoms with Crippen molar-refractivity contribution in [2.75, 3.05) is 13.7 Å². The van der Waals surface area contributed by atoms with E-state index < -0.39 is 71.8 Å². The molecule has 1 saturated heterocycles. The molecule has 2 fully saturated rings. The summed E-state index contributed by atoms with van der Waals surface area (Å²) in [6, 6.07) is 1.20. The summed E-state index contributed by atoms with van der Waals surface area (Å²) in [4.78, 5) is 50.0. The molecular formula is C34H38F4N4O7. The number of aromatic nitrogens is 2. The van der Waals surface area contributed by atoms with Crippen molar-refractivity contribution in [2.24, 2.45) is 23.2 Å². The molecular weight excluding hydrogens is 652 g/mol. The maximum absolute atomic E-state index is 16.0. The lowest BCUT2D eigenvalue weighted by molar-refractivity contribution is -0.152. The van der Waals surface area contributed by atoms with E-state index in [0.717, 1.165) is 13.2 Å². The number of carbonyl (C=O) groups is 3. The van der Waals surface area contributed by atoms with Crippen molar-refractivity contribution in [3.63, 3.8) is 0 Å². The molecule has 6 rings (SSSR count). The third kappa shape index (κ3) is 7.02. The Morgan fingerprint density at radius 2 is 1.88 bits per heavy atom. The summed E-state index contributed by atoms with van der Waals surface area (Å²) in [6.45, 7) is 1.86. The van der Waals surface area contributed by atoms with E-state index in [1.165, 1.54) is 23.1 Å². The molecule has 49 heavy (non-hydrogen) atoms. The Bertz CT molecular complexity index is 1680. The fourth-order valence-electron chi connectivity index (χ4n) is 7.14. The quantitative estimate of drug-likeness (QED) is 0.251. The number of hydrogen-bond donors (Lipinski definition) is 1. The predicted octanol–water partition coefficient (Wildman–Crippen LogP) is 5.53. The lowest BCUT2D eigenvalue weighted by Gasteiger charge is -2.35. The van der Waals surface area contributed by atoms with Crippen LogP contribution in [0.2, 0.25) is 0 Å². The second-order valence-corrected chi connectivity index (χ2v) is 13.9. The highest BCUT2D eigenvalue weighted by molar-refractivity contribution is 5.91. The fourth-order valence-corrected chi connectivity index (χ4v) is 7.14. The minimum atomic E-state index is -3.70. The number of halogens is 4. The maximum atomic E-state index is 16.0. The van der Waals surface area contributed by atoms with E-state index >= 15 is 8.78 Å². The highest BCUT2D eigenvalue weighted by Gasteiger charge is 2.49. The zero-order valence-electron chi connectivity index (χ0n) is 27.4. The van der Waals surface area contributed by atoms with Crippen molar-refractivity contribution in [3.05, 3.63) is 48.2 Å². The number of amides is 2. The molecule has 3 heterocycles. The maximum Gasteiger partial charge on any atom is 0.408 e. The van der Waals surface area contributed by atoms with E-state index in [2.05, 4.69) is 20.0 Å². The monoisotopic (exact) mass is 690 g/mol. The van der Waals surface area contributed by atoms with Gasteiger partial charge in [0.25, 0.3) is 0 Å². The van der Waals surface area contributed by atoms with Gasteiger partial charge >= 0.3 is 24.6 Å². The van der Waals surface area contributed by atoms with E-state index in [0.29, 0.717) is 18.9 Å². The first kappa shape index (κ1) is 34.4. The number of fused-ring (bicyclic) bond motifs is 7. The van der Waals surface area contributed by atoms with Crippen molar-refractivity contribution >= 4 is 29.0 Å². The van der Waals surface area contributed by atoms with E-state index in [4.69, 9.17) is 14.2 Å². The van der Waals surface area contributed by atoms with Crippen LogP contribution in [-0.4, -0.2) is 77.4 Å². The summed E-state index contributed by atoms with van der Waals surface area (Å²) in [5.41, 5.74) is -1.75. The van der Waals surface area contributed by atoms with Gasteiger partial charge in [0, 0.05) is 18.4 Å². The lowest BCUT2D eigenvalue weighted by atomic mass is 9.79. The van der Waals surface area contributed by atoms with Crippen LogP contribution in [0.25, 0.3) is 11.0 Å². The number of nitrogens with one attached hydrogen (secondary N) is 1. The van der Waals surface area contributed by atoms with E-state index in [1.54, 1.807) is 20.8 Å². The van der Waals surface area contributed by atoms with Crippen LogP contribution in [0, 0.1) is 23.2 Å². The number of alkyl halides is 4. The summed E-state index contributed by atoms with van der Waals surface area (Å²) < 4.78 is 79.2. The first-order chi connectivity index (χ1) is 23.1. The Morgan fingerprint density at radius 1 is 1.10 bits per heavy atom. The topological polar surface area (TPSA) is 129 Å². The van der Waals surface area contributed by atoms with Crippen LogP contribution in [0.15, 0.2) is 42.5 Å². The molecule has 0 radical (unpaired) electrons. The molecule has 2 aromatic rings. The molecule has 0 unspecified atom stereocenters. The van der Waals surface area contributed by atoms with Crippen molar-refractivity contribution < 1.29 is 50.9 Å². The number of carbonyl (C=O) groups excluding carboxylic acids is 3. The number of methoxy groups -OCH3 is 1. The zero-order chi connectivity index (χ0) is 35.2. The van der Waals surface area contributed by atoms with Crippen LogP contribution < -0.4 is 14.8 Å². The van der Waals surface area contributed by atoms with Crippen molar-refractivity contribution in [2.45, 2.75) is 83.3 Å². The van der Waals surface area contributed by atoms with Crippen molar-refractivity contribution in [1.29, 1.82) is 0 Å². The molecule has 0 spiro atoms. The molecule has 1 saturated carbocycles. The van der Waals surface area contributed by atoms with Crippen LogP contribution in [0.4, 0.5) is 22.4 Å². The largest absolute Gasteiger partial charge is 0.471 e. The molecule has 1 N–H and O–H groups in total. The van der Waals surface area contributed by atoms with Gasteiger partial charge in [-0.15, -0.1) is 0 Å². The summed E-state index contributed by atoms with van der Waals surface area (Å²) >= 11 is 0. The number of alkyl carbamates (subject to hydrolysis) is 1. The number of esters is 1. The molecule has 1 aromatic carbocycles. The third-order valence-electron chi connectivity index (χ3n) is 9.62. The Kier molecular flexibility index (Phi) is 9.22. The number of allylic oxidation sites excluding steroid dienone is 4. The van der Waals surface area contributed by atoms with Gasteiger partial charge in [-0.2, -0.15) is 17.6 Å². The zero-order valence-corrected chi connectivity index (χ0v) is 27.4. The molecule has 7 atom stereocenters. The number of hydrogen-bond acceptors (Lipinski definition) is 9. The summed E-state index contributed by atoms with van der Waals surface area (Å²) in [5, 5.41) is 2.73. The Hall–Kier alpha value is -4.43. The Labute approximate surface area is 280 Å². The highest BCUT2D eigenvalue weighted by atomic mass is 19.3. The van der Waals surface area contributed by atoms with E-state index in [-0.39, 0.29) is 53.9 Å². The molecule has 4 aliphatic rings. The summed E-state index contributed by atoms with van der Waals surface area (Å²) in [6.07, 6.45) is 4.88. The van der Waals surface area contributed by atoms with Gasteiger partial charge in [0.2, 0.25) is 11.8 Å². The first-order valence-corrected chi connectivity index (χ1v) is 16.2. The van der Waals surface area contributed by atoms with Crippen molar-refractivity contribution in [3.8, 4) is 11.6 Å². The van der Waals surface area contributed by atoms with Gasteiger partial charge in [-0.05, 0) is 54.7 Å². The van der Waals surface area contributed by atoms with Crippen LogP contribution in [-0.2, 0) is 25.0 Å². The molecule has 2 aliphatic carbocycles. The van der Waals surface area contributed by atoms with E-state index in [1.807, 2.05) is 12.2 Å². The fraction of sp³-hybridized carbons (Fsp3) is 0.559. The van der Waals surface area contributed by atoms with Crippen molar-refractivity contribution in [1.82, 2.24) is 20.2 Å². The Balaban J connectivity index is 1.42. The number of rotatable bonds is 3. The minimum Gasteiger partial charge on any atom is -0.471 e. The van der Waals surface area contributed by atoms with Crippen LogP contribution in [0.1, 0.15) is 52.1 Å². The highest BCUT2D eigenvalue weighted by Crippen LogP contribution is 2.48. The van der Waals surface area contributed by atoms with Crippen LogP contribution in [0.5, 0.6) is 11.6 Å². The third-order valence-corrected chi connectivity index (χ3v) is 9.62. The van der Waals surface area contributed by atoms with Gasteiger partial charge in [-0.1, -0.05) is 39.0 Å². The van der Waals surface area contributed by atoms with Gasteiger partial charge in [0.15, 0.2) is 5.69 Å². The average molecular weight is 691 g/mol. The molecule has 2 aliphatic heterocycles. The number of ether oxygens (including phenoxy) is 4.